The lowest BCUT2D eigenvalue weighted by Crippen LogP contribution is -2.13. The van der Waals surface area contributed by atoms with Crippen molar-refractivity contribution >= 4 is 11.9 Å². The van der Waals surface area contributed by atoms with E-state index in [0.29, 0.717) is 23.3 Å². The van der Waals surface area contributed by atoms with E-state index >= 15 is 0 Å². The lowest BCUT2D eigenvalue weighted by molar-refractivity contribution is -0.139. The van der Waals surface area contributed by atoms with E-state index in [1.54, 1.807) is 12.1 Å². The van der Waals surface area contributed by atoms with Gasteiger partial charge in [0.05, 0.1) is 0 Å². The highest BCUT2D eigenvalue weighted by Gasteiger charge is 2.34. The van der Waals surface area contributed by atoms with Crippen LogP contribution in [0, 0.1) is 0 Å². The van der Waals surface area contributed by atoms with E-state index in [9.17, 15) is 9.59 Å². The fourth-order valence-electron chi connectivity index (χ4n) is 4.69. The minimum Gasteiger partial charge on any atom is -0.481 e. The number of fused-ring (bicyclic) bond motifs is 3. The molecule has 1 aliphatic carbocycles. The summed E-state index contributed by atoms with van der Waals surface area (Å²) in [5.74, 6) is 0.225. The Morgan fingerprint density at radius 2 is 1.49 bits per heavy atom. The van der Waals surface area contributed by atoms with Gasteiger partial charge in [0.1, 0.15) is 17.2 Å². The number of aliphatic carboxylic acids is 1. The Labute approximate surface area is 202 Å². The van der Waals surface area contributed by atoms with Crippen LogP contribution in [0.2, 0.25) is 0 Å². The molecule has 6 heteroatoms. The summed E-state index contributed by atoms with van der Waals surface area (Å²) in [6.07, 6.45) is 0.649. The molecule has 0 spiro atoms. The highest BCUT2D eigenvalue weighted by Crippen LogP contribution is 2.51. The standard InChI is InChI=1S/C29H23NO5/c30-29(33)23-13-5-11-21-24(22-12-6-14-25(28(22)27(21)23)34-17-26(31)32)16-18-7-4-10-20(15-18)35-19-8-2-1-3-9-19/h1-15,24H,16-17H2,(H2,30,33)(H,31,32). The number of carboxylic acids is 1. The van der Waals surface area contributed by atoms with Crippen molar-refractivity contribution in [3.8, 4) is 28.4 Å². The maximum absolute atomic E-state index is 12.3. The smallest absolute Gasteiger partial charge is 0.341 e. The summed E-state index contributed by atoms with van der Waals surface area (Å²) >= 11 is 0. The lowest BCUT2D eigenvalue weighted by Gasteiger charge is -2.15. The minimum absolute atomic E-state index is 0.0698. The fraction of sp³-hybridized carbons (Fsp3) is 0.103. The number of benzene rings is 4. The van der Waals surface area contributed by atoms with Crippen LogP contribution in [0.15, 0.2) is 91.0 Å². The molecule has 1 atom stereocenters. The molecule has 1 unspecified atom stereocenters. The quantitative estimate of drug-likeness (QED) is 0.363. The number of hydrogen-bond donors (Lipinski definition) is 2. The first kappa shape index (κ1) is 22.2. The maximum Gasteiger partial charge on any atom is 0.341 e. The zero-order chi connectivity index (χ0) is 24.4. The van der Waals surface area contributed by atoms with Gasteiger partial charge in [-0.15, -0.1) is 0 Å². The second-order valence-corrected chi connectivity index (χ2v) is 8.36. The molecule has 0 heterocycles. The zero-order valence-electron chi connectivity index (χ0n) is 18.8. The lowest BCUT2D eigenvalue weighted by atomic mass is 9.89. The second-order valence-electron chi connectivity index (χ2n) is 8.36. The minimum atomic E-state index is -1.07. The van der Waals surface area contributed by atoms with E-state index < -0.39 is 18.5 Å². The largest absolute Gasteiger partial charge is 0.481 e. The van der Waals surface area contributed by atoms with Crippen molar-refractivity contribution in [2.45, 2.75) is 12.3 Å². The van der Waals surface area contributed by atoms with Crippen LogP contribution < -0.4 is 15.2 Å². The monoisotopic (exact) mass is 465 g/mol. The molecule has 0 aromatic heterocycles. The number of carbonyl (C=O) groups is 2. The van der Waals surface area contributed by atoms with Gasteiger partial charge in [-0.25, -0.2) is 4.79 Å². The summed E-state index contributed by atoms with van der Waals surface area (Å²) in [6, 6.07) is 28.6. The number of rotatable bonds is 8. The van der Waals surface area contributed by atoms with Crippen molar-refractivity contribution in [3.05, 3.63) is 113 Å². The number of para-hydroxylation sites is 1. The molecular weight excluding hydrogens is 442 g/mol. The molecule has 174 valence electrons. The summed E-state index contributed by atoms with van der Waals surface area (Å²) in [5.41, 5.74) is 10.5. The molecule has 3 N–H and O–H groups in total. The fourth-order valence-corrected chi connectivity index (χ4v) is 4.69. The summed E-state index contributed by atoms with van der Waals surface area (Å²) < 4.78 is 11.6. The van der Waals surface area contributed by atoms with Crippen LogP contribution in [-0.4, -0.2) is 23.6 Å². The van der Waals surface area contributed by atoms with E-state index in [2.05, 4.69) is 0 Å². The van der Waals surface area contributed by atoms with Crippen LogP contribution in [0.4, 0.5) is 0 Å². The predicted octanol–water partition coefficient (Wildman–Crippen LogP) is 5.40. The van der Waals surface area contributed by atoms with Crippen molar-refractivity contribution < 1.29 is 24.2 Å². The predicted molar refractivity (Wildman–Crippen MR) is 132 cm³/mol. The Bertz CT molecular complexity index is 1410. The highest BCUT2D eigenvalue weighted by molar-refractivity contribution is 6.03. The van der Waals surface area contributed by atoms with Gasteiger partial charge in [0.2, 0.25) is 5.91 Å². The van der Waals surface area contributed by atoms with Gasteiger partial charge in [-0.1, -0.05) is 54.6 Å². The average Bonchev–Trinajstić information content (AvgIpc) is 3.17. The van der Waals surface area contributed by atoms with Gasteiger partial charge in [0.15, 0.2) is 6.61 Å². The highest BCUT2D eigenvalue weighted by atomic mass is 16.5. The number of primary amides is 1. The summed E-state index contributed by atoms with van der Waals surface area (Å²) in [4.78, 5) is 23.5. The Morgan fingerprint density at radius 1 is 0.800 bits per heavy atom. The maximum atomic E-state index is 12.3. The van der Waals surface area contributed by atoms with Crippen LogP contribution in [0.25, 0.3) is 11.1 Å². The molecule has 0 aliphatic heterocycles. The van der Waals surface area contributed by atoms with Crippen molar-refractivity contribution in [1.82, 2.24) is 0 Å². The molecule has 1 aliphatic rings. The van der Waals surface area contributed by atoms with E-state index in [-0.39, 0.29) is 5.92 Å². The topological polar surface area (TPSA) is 98.9 Å². The summed E-state index contributed by atoms with van der Waals surface area (Å²) in [6.45, 7) is -0.478. The molecule has 4 aromatic carbocycles. The first-order chi connectivity index (χ1) is 17.0. The Balaban J connectivity index is 1.55. The number of nitrogens with two attached hydrogens (primary N) is 1. The molecule has 0 saturated carbocycles. The van der Waals surface area contributed by atoms with E-state index in [1.807, 2.05) is 78.9 Å². The van der Waals surface area contributed by atoms with Crippen LogP contribution in [0.1, 0.15) is 33.0 Å². The third kappa shape index (κ3) is 4.46. The number of ether oxygens (including phenoxy) is 2. The van der Waals surface area contributed by atoms with Gasteiger partial charge >= 0.3 is 5.97 Å². The molecule has 1 amide bonds. The van der Waals surface area contributed by atoms with Crippen LogP contribution in [0.3, 0.4) is 0 Å². The molecule has 0 radical (unpaired) electrons. The van der Waals surface area contributed by atoms with Gasteiger partial charge in [-0.3, -0.25) is 4.79 Å². The molecule has 6 nitrogen and oxygen atoms in total. The number of amides is 1. The number of carboxylic acid groups (broad SMARTS) is 1. The summed E-state index contributed by atoms with van der Waals surface area (Å²) in [7, 11) is 0. The molecule has 0 fully saturated rings. The SMILES string of the molecule is NC(=O)c1cccc2c1-c1c(OCC(=O)O)cccc1C2Cc1cccc(Oc2ccccc2)c1. The molecule has 5 rings (SSSR count). The van der Waals surface area contributed by atoms with Gasteiger partial charge in [-0.2, -0.15) is 0 Å². The van der Waals surface area contributed by atoms with Crippen LogP contribution >= 0.6 is 0 Å². The Hall–Kier alpha value is -4.58. The van der Waals surface area contributed by atoms with Gasteiger partial charge in [0.25, 0.3) is 0 Å². The van der Waals surface area contributed by atoms with Crippen molar-refractivity contribution in [1.29, 1.82) is 0 Å². The molecule has 35 heavy (non-hydrogen) atoms. The second kappa shape index (κ2) is 9.35. The van der Waals surface area contributed by atoms with Gasteiger partial charge in [-0.05, 0) is 59.5 Å². The van der Waals surface area contributed by atoms with Crippen LogP contribution in [-0.2, 0) is 11.2 Å². The number of carbonyl (C=O) groups excluding carboxylic acids is 1. The van der Waals surface area contributed by atoms with Crippen molar-refractivity contribution in [2.24, 2.45) is 5.73 Å². The molecule has 0 saturated heterocycles. The molecule has 4 aromatic rings. The van der Waals surface area contributed by atoms with Gasteiger partial charge < -0.3 is 20.3 Å². The molecular formula is C29H23NO5. The normalized spacial score (nSPS) is 13.5. The van der Waals surface area contributed by atoms with Crippen LogP contribution in [0.5, 0.6) is 17.2 Å². The third-order valence-corrected chi connectivity index (χ3v) is 6.09. The molecule has 0 bridgehead atoms. The summed E-state index contributed by atoms with van der Waals surface area (Å²) in [5, 5.41) is 9.13. The first-order valence-corrected chi connectivity index (χ1v) is 11.2. The van der Waals surface area contributed by atoms with E-state index in [1.165, 1.54) is 0 Å². The van der Waals surface area contributed by atoms with E-state index in [4.69, 9.17) is 20.3 Å². The third-order valence-electron chi connectivity index (χ3n) is 6.09. The Kier molecular flexibility index (Phi) is 5.94. The van der Waals surface area contributed by atoms with Crippen molar-refractivity contribution in [2.75, 3.05) is 6.61 Å². The van der Waals surface area contributed by atoms with E-state index in [0.717, 1.165) is 33.8 Å². The zero-order valence-corrected chi connectivity index (χ0v) is 18.8. The average molecular weight is 466 g/mol. The first-order valence-electron chi connectivity index (χ1n) is 11.2. The van der Waals surface area contributed by atoms with Crippen molar-refractivity contribution in [3.63, 3.8) is 0 Å². The number of hydrogen-bond acceptors (Lipinski definition) is 4. The Morgan fingerprint density at radius 3 is 2.23 bits per heavy atom. The van der Waals surface area contributed by atoms with Gasteiger partial charge in [0, 0.05) is 22.6 Å².